The van der Waals surface area contributed by atoms with E-state index in [-0.39, 0.29) is 12.3 Å². The summed E-state index contributed by atoms with van der Waals surface area (Å²) >= 11 is 6.23. The number of fused-ring (bicyclic) bond motifs is 1. The van der Waals surface area contributed by atoms with Gasteiger partial charge in [-0.1, -0.05) is 30.7 Å². The molecule has 0 radical (unpaired) electrons. The Balaban J connectivity index is 1.51. The minimum Gasteiger partial charge on any atom is -0.464 e. The van der Waals surface area contributed by atoms with Gasteiger partial charge in [-0.3, -0.25) is 4.79 Å². The van der Waals surface area contributed by atoms with Crippen LogP contribution in [0.5, 0.6) is 0 Å². The highest BCUT2D eigenvalue weighted by Crippen LogP contribution is 2.31. The molecule has 0 atom stereocenters. The molecule has 0 unspecified atom stereocenters. The van der Waals surface area contributed by atoms with Gasteiger partial charge in [-0.25, -0.2) is 0 Å². The van der Waals surface area contributed by atoms with Crippen LogP contribution in [-0.2, 0) is 11.2 Å². The fourth-order valence-electron chi connectivity index (χ4n) is 3.88. The minimum absolute atomic E-state index is 0.0796. The zero-order valence-corrected chi connectivity index (χ0v) is 17.6. The number of furan rings is 1. The Hall–Kier alpha value is -2.50. The second-order valence-corrected chi connectivity index (χ2v) is 8.00. The molecule has 1 aliphatic heterocycles. The van der Waals surface area contributed by atoms with Crippen molar-refractivity contribution >= 4 is 39.9 Å². The zero-order chi connectivity index (χ0) is 20.4. The average molecular weight is 412 g/mol. The van der Waals surface area contributed by atoms with Crippen LogP contribution in [0.25, 0.3) is 11.0 Å². The lowest BCUT2D eigenvalue weighted by atomic mass is 10.1. The van der Waals surface area contributed by atoms with Crippen molar-refractivity contribution in [2.45, 2.75) is 20.3 Å². The van der Waals surface area contributed by atoms with Crippen LogP contribution in [0.1, 0.15) is 18.1 Å². The quantitative estimate of drug-likeness (QED) is 0.660. The molecule has 2 aromatic carbocycles. The van der Waals surface area contributed by atoms with Crippen molar-refractivity contribution in [1.82, 2.24) is 4.90 Å². The normalized spacial score (nSPS) is 15.1. The smallest absolute Gasteiger partial charge is 0.228 e. The third-order valence-electron chi connectivity index (χ3n) is 5.56. The Morgan fingerprint density at radius 3 is 2.69 bits per heavy atom. The lowest BCUT2D eigenvalue weighted by Crippen LogP contribution is -2.46. The predicted octanol–water partition coefficient (Wildman–Crippen LogP) is 4.72. The third kappa shape index (κ3) is 4.41. The number of carbonyl (C=O) groups is 1. The number of nitrogens with zero attached hydrogens (tertiary/aromatic N) is 2. The number of nitrogens with one attached hydrogen (secondary N) is 1. The highest BCUT2D eigenvalue weighted by atomic mass is 35.5. The molecule has 1 saturated heterocycles. The van der Waals surface area contributed by atoms with E-state index in [1.165, 1.54) is 0 Å². The van der Waals surface area contributed by atoms with Gasteiger partial charge >= 0.3 is 0 Å². The van der Waals surface area contributed by atoms with Crippen molar-refractivity contribution < 1.29 is 9.21 Å². The maximum absolute atomic E-state index is 12.8. The summed E-state index contributed by atoms with van der Waals surface area (Å²) in [6.45, 7) is 9.18. The number of piperazine rings is 1. The van der Waals surface area contributed by atoms with Crippen LogP contribution in [0.2, 0.25) is 5.02 Å². The molecular weight excluding hydrogens is 386 g/mol. The van der Waals surface area contributed by atoms with Crippen molar-refractivity contribution in [3.63, 3.8) is 0 Å². The first-order valence-corrected chi connectivity index (χ1v) is 10.4. The van der Waals surface area contributed by atoms with E-state index in [1.54, 1.807) is 6.26 Å². The van der Waals surface area contributed by atoms with Gasteiger partial charge in [-0.15, -0.1) is 0 Å². The van der Waals surface area contributed by atoms with Crippen LogP contribution in [0.3, 0.4) is 0 Å². The number of likely N-dealkylation sites (N-methyl/N-ethyl adjacent to an activating group) is 1. The Bertz CT molecular complexity index is 1020. The van der Waals surface area contributed by atoms with Gasteiger partial charge in [-0.05, 0) is 43.3 Å². The van der Waals surface area contributed by atoms with Gasteiger partial charge in [0.1, 0.15) is 5.58 Å². The number of aryl methyl sites for hydroxylation is 1. The van der Waals surface area contributed by atoms with Crippen molar-refractivity contribution in [3.05, 3.63) is 58.8 Å². The van der Waals surface area contributed by atoms with Gasteiger partial charge in [0.15, 0.2) is 0 Å². The number of benzene rings is 2. The molecule has 0 aliphatic carbocycles. The Labute approximate surface area is 176 Å². The summed E-state index contributed by atoms with van der Waals surface area (Å²) in [5, 5.41) is 4.66. The maximum Gasteiger partial charge on any atom is 0.228 e. The maximum atomic E-state index is 12.8. The summed E-state index contributed by atoms with van der Waals surface area (Å²) in [6, 6.07) is 11.7. The largest absolute Gasteiger partial charge is 0.464 e. The molecule has 152 valence electrons. The van der Waals surface area contributed by atoms with Gasteiger partial charge in [0.25, 0.3) is 0 Å². The fourth-order valence-corrected chi connectivity index (χ4v) is 4.06. The SMILES string of the molecule is CCN1CCN(c2ccc(Cl)cc2NC(=O)Cc2coc3cc(C)ccc23)CC1. The highest BCUT2D eigenvalue weighted by Gasteiger charge is 2.20. The summed E-state index contributed by atoms with van der Waals surface area (Å²) in [5.41, 5.74) is 4.61. The number of rotatable bonds is 5. The van der Waals surface area contributed by atoms with Crippen LogP contribution in [0, 0.1) is 6.92 Å². The van der Waals surface area contributed by atoms with Crippen molar-refractivity contribution in [2.75, 3.05) is 42.9 Å². The average Bonchev–Trinajstić information content (AvgIpc) is 3.10. The first kappa shape index (κ1) is 19.8. The third-order valence-corrected chi connectivity index (χ3v) is 5.79. The lowest BCUT2D eigenvalue weighted by molar-refractivity contribution is -0.115. The summed E-state index contributed by atoms with van der Waals surface area (Å²) in [5.74, 6) is -0.0796. The molecule has 0 spiro atoms. The monoisotopic (exact) mass is 411 g/mol. The van der Waals surface area contributed by atoms with Crippen LogP contribution in [0.15, 0.2) is 47.1 Å². The summed E-state index contributed by atoms with van der Waals surface area (Å²) in [6.07, 6.45) is 1.93. The van der Waals surface area contributed by atoms with E-state index in [0.717, 1.165) is 66.2 Å². The molecule has 5 nitrogen and oxygen atoms in total. The van der Waals surface area contributed by atoms with Crippen molar-refractivity contribution in [1.29, 1.82) is 0 Å². The van der Waals surface area contributed by atoms with Crippen LogP contribution < -0.4 is 10.2 Å². The van der Waals surface area contributed by atoms with Crippen LogP contribution >= 0.6 is 11.6 Å². The Morgan fingerprint density at radius 2 is 1.93 bits per heavy atom. The van der Waals surface area contributed by atoms with Gasteiger partial charge in [0.2, 0.25) is 5.91 Å². The Morgan fingerprint density at radius 1 is 1.14 bits per heavy atom. The number of hydrogen-bond acceptors (Lipinski definition) is 4. The van der Waals surface area contributed by atoms with E-state index in [0.29, 0.717) is 5.02 Å². The topological polar surface area (TPSA) is 48.7 Å². The minimum atomic E-state index is -0.0796. The molecule has 29 heavy (non-hydrogen) atoms. The molecule has 0 bridgehead atoms. The zero-order valence-electron chi connectivity index (χ0n) is 16.9. The second-order valence-electron chi connectivity index (χ2n) is 7.57. The molecule has 1 N–H and O–H groups in total. The van der Waals surface area contributed by atoms with E-state index >= 15 is 0 Å². The van der Waals surface area contributed by atoms with Gasteiger partial charge < -0.3 is 19.5 Å². The second kappa shape index (κ2) is 8.47. The van der Waals surface area contributed by atoms with Crippen molar-refractivity contribution in [3.8, 4) is 0 Å². The molecule has 1 fully saturated rings. The summed E-state index contributed by atoms with van der Waals surface area (Å²) in [7, 11) is 0. The molecule has 1 aromatic heterocycles. The molecule has 2 heterocycles. The molecule has 0 saturated carbocycles. The number of anilines is 2. The molecule has 1 aliphatic rings. The number of amides is 1. The van der Waals surface area contributed by atoms with Crippen LogP contribution in [-0.4, -0.2) is 43.5 Å². The fraction of sp³-hybridized carbons (Fsp3) is 0.348. The standard InChI is InChI=1S/C23H26ClN3O2/c1-3-26-8-10-27(11-9-26)21-7-5-18(24)14-20(21)25-23(28)13-17-15-29-22-12-16(2)4-6-19(17)22/h4-7,12,14-15H,3,8-11,13H2,1-2H3,(H,25,28). The van der Waals surface area contributed by atoms with E-state index in [1.807, 2.05) is 43.3 Å². The molecular formula is C23H26ClN3O2. The molecule has 1 amide bonds. The van der Waals surface area contributed by atoms with Crippen molar-refractivity contribution in [2.24, 2.45) is 0 Å². The van der Waals surface area contributed by atoms with E-state index in [9.17, 15) is 4.79 Å². The Kier molecular flexibility index (Phi) is 5.79. The molecule has 3 aromatic rings. The number of hydrogen-bond donors (Lipinski definition) is 1. The first-order chi connectivity index (χ1) is 14.0. The van der Waals surface area contributed by atoms with Gasteiger partial charge in [-0.2, -0.15) is 0 Å². The lowest BCUT2D eigenvalue weighted by Gasteiger charge is -2.36. The van der Waals surface area contributed by atoms with Gasteiger partial charge in [0.05, 0.1) is 24.1 Å². The summed E-state index contributed by atoms with van der Waals surface area (Å²) in [4.78, 5) is 17.6. The summed E-state index contributed by atoms with van der Waals surface area (Å²) < 4.78 is 5.63. The molecule has 4 rings (SSSR count). The van der Waals surface area contributed by atoms with E-state index < -0.39 is 0 Å². The number of halogens is 1. The van der Waals surface area contributed by atoms with Gasteiger partial charge in [0, 0.05) is 42.2 Å². The predicted molar refractivity (Wildman–Crippen MR) is 119 cm³/mol. The first-order valence-electron chi connectivity index (χ1n) is 10.1. The number of carbonyl (C=O) groups excluding carboxylic acids is 1. The van der Waals surface area contributed by atoms with Crippen LogP contribution in [0.4, 0.5) is 11.4 Å². The highest BCUT2D eigenvalue weighted by molar-refractivity contribution is 6.31. The van der Waals surface area contributed by atoms with E-state index in [4.69, 9.17) is 16.0 Å². The van der Waals surface area contributed by atoms with E-state index in [2.05, 4.69) is 22.0 Å². The molecule has 6 heteroatoms.